The third-order valence-electron chi connectivity index (χ3n) is 3.63. The van der Waals surface area contributed by atoms with Gasteiger partial charge in [-0.2, -0.15) is 0 Å². The minimum absolute atomic E-state index is 0.118. The van der Waals surface area contributed by atoms with Crippen molar-refractivity contribution in [2.75, 3.05) is 13.1 Å². The van der Waals surface area contributed by atoms with Gasteiger partial charge >= 0.3 is 0 Å². The lowest BCUT2D eigenvalue weighted by Crippen LogP contribution is -2.40. The molecule has 0 amide bonds. The molecule has 1 atom stereocenters. The number of likely N-dealkylation sites (tertiary alicyclic amines) is 1. The number of carbonyl (C=O) groups excluding carboxylic acids is 1. The van der Waals surface area contributed by atoms with Crippen LogP contribution < -0.4 is 0 Å². The molecule has 5 heteroatoms. The van der Waals surface area contributed by atoms with Crippen LogP contribution in [0.25, 0.3) is 0 Å². The number of Topliss-reactive ketones (excluding diaryl/α,β-unsaturated/α-hetero) is 1. The topological polar surface area (TPSA) is 63.4 Å². The number of nitrogens with zero attached hydrogens (tertiary/aromatic N) is 2. The number of nitro benzene ring substituents is 1. The second kappa shape index (κ2) is 5.93. The summed E-state index contributed by atoms with van der Waals surface area (Å²) < 4.78 is 0. The summed E-state index contributed by atoms with van der Waals surface area (Å²) in [5.74, 6) is 0.463. The molecule has 1 aliphatic rings. The summed E-state index contributed by atoms with van der Waals surface area (Å²) in [5, 5.41) is 10.7. The van der Waals surface area contributed by atoms with Crippen LogP contribution in [0.2, 0.25) is 0 Å². The largest absolute Gasteiger partial charge is 0.299 e. The zero-order valence-corrected chi connectivity index (χ0v) is 11.0. The fourth-order valence-corrected chi connectivity index (χ4v) is 2.50. The van der Waals surface area contributed by atoms with Crippen molar-refractivity contribution in [3.05, 3.63) is 39.9 Å². The fourth-order valence-electron chi connectivity index (χ4n) is 2.50. The molecule has 0 aromatic heterocycles. The van der Waals surface area contributed by atoms with E-state index in [1.165, 1.54) is 6.07 Å². The SMILES string of the molecule is CCC1CN(Cc2cccc([N+](=O)[O-])c2)CCC1=O. The molecule has 0 saturated carbocycles. The molecule has 1 aliphatic heterocycles. The maximum Gasteiger partial charge on any atom is 0.269 e. The number of hydrogen-bond acceptors (Lipinski definition) is 4. The first-order chi connectivity index (χ1) is 9.10. The van der Waals surface area contributed by atoms with Gasteiger partial charge in [0, 0.05) is 44.1 Å². The Labute approximate surface area is 112 Å². The number of non-ortho nitro benzene ring substituents is 1. The van der Waals surface area contributed by atoms with Crippen molar-refractivity contribution in [1.29, 1.82) is 0 Å². The maximum atomic E-state index is 11.7. The third-order valence-corrected chi connectivity index (χ3v) is 3.63. The molecule has 1 unspecified atom stereocenters. The fraction of sp³-hybridized carbons (Fsp3) is 0.500. The number of ketones is 1. The average molecular weight is 262 g/mol. The van der Waals surface area contributed by atoms with Gasteiger partial charge in [0.05, 0.1) is 4.92 Å². The van der Waals surface area contributed by atoms with E-state index in [4.69, 9.17) is 0 Å². The molecule has 0 bridgehead atoms. The molecule has 19 heavy (non-hydrogen) atoms. The molecule has 2 rings (SSSR count). The summed E-state index contributed by atoms with van der Waals surface area (Å²) in [6.07, 6.45) is 1.46. The van der Waals surface area contributed by atoms with Gasteiger partial charge in [-0.1, -0.05) is 19.1 Å². The summed E-state index contributed by atoms with van der Waals surface area (Å²) in [7, 11) is 0. The highest BCUT2D eigenvalue weighted by Gasteiger charge is 2.25. The second-order valence-electron chi connectivity index (χ2n) is 4.98. The Hall–Kier alpha value is -1.75. The van der Waals surface area contributed by atoms with Crippen molar-refractivity contribution in [1.82, 2.24) is 4.90 Å². The maximum absolute atomic E-state index is 11.7. The highest BCUT2D eigenvalue weighted by molar-refractivity contribution is 5.82. The number of carbonyl (C=O) groups is 1. The molecule has 1 saturated heterocycles. The molecular weight excluding hydrogens is 244 g/mol. The van der Waals surface area contributed by atoms with Gasteiger partial charge in [-0.3, -0.25) is 19.8 Å². The Bertz CT molecular complexity index is 487. The molecule has 5 nitrogen and oxygen atoms in total. The Morgan fingerprint density at radius 2 is 2.26 bits per heavy atom. The number of piperidine rings is 1. The number of benzene rings is 1. The first kappa shape index (κ1) is 13.7. The Balaban J connectivity index is 2.03. The van der Waals surface area contributed by atoms with Crippen LogP contribution >= 0.6 is 0 Å². The molecule has 1 heterocycles. The van der Waals surface area contributed by atoms with Crippen LogP contribution in [-0.4, -0.2) is 28.7 Å². The summed E-state index contributed by atoms with van der Waals surface area (Å²) in [6, 6.07) is 6.71. The van der Waals surface area contributed by atoms with Gasteiger partial charge in [-0.15, -0.1) is 0 Å². The lowest BCUT2D eigenvalue weighted by Gasteiger charge is -2.31. The van der Waals surface area contributed by atoms with Crippen molar-refractivity contribution in [3.8, 4) is 0 Å². The molecule has 1 aromatic carbocycles. The van der Waals surface area contributed by atoms with Crippen LogP contribution in [0.15, 0.2) is 24.3 Å². The van der Waals surface area contributed by atoms with Gasteiger partial charge in [-0.25, -0.2) is 0 Å². The second-order valence-corrected chi connectivity index (χ2v) is 4.98. The van der Waals surface area contributed by atoms with Crippen LogP contribution in [0.5, 0.6) is 0 Å². The van der Waals surface area contributed by atoms with E-state index in [9.17, 15) is 14.9 Å². The summed E-state index contributed by atoms with van der Waals surface area (Å²) >= 11 is 0. The number of hydrogen-bond donors (Lipinski definition) is 0. The molecular formula is C14H18N2O3. The van der Waals surface area contributed by atoms with Crippen molar-refractivity contribution >= 4 is 11.5 Å². The molecule has 0 radical (unpaired) electrons. The van der Waals surface area contributed by atoms with Crippen LogP contribution in [0.1, 0.15) is 25.3 Å². The summed E-state index contributed by atoms with van der Waals surface area (Å²) in [6.45, 7) is 4.21. The van der Waals surface area contributed by atoms with E-state index in [1.54, 1.807) is 12.1 Å². The van der Waals surface area contributed by atoms with E-state index < -0.39 is 0 Å². The highest BCUT2D eigenvalue weighted by atomic mass is 16.6. The van der Waals surface area contributed by atoms with Crippen molar-refractivity contribution in [3.63, 3.8) is 0 Å². The van der Waals surface area contributed by atoms with Crippen LogP contribution in [-0.2, 0) is 11.3 Å². The van der Waals surface area contributed by atoms with E-state index in [1.807, 2.05) is 13.0 Å². The lowest BCUT2D eigenvalue weighted by atomic mass is 9.94. The van der Waals surface area contributed by atoms with Gasteiger partial charge in [0.15, 0.2) is 0 Å². The van der Waals surface area contributed by atoms with E-state index in [0.29, 0.717) is 18.7 Å². The predicted octanol–water partition coefficient (Wildman–Crippen LogP) is 2.40. The van der Waals surface area contributed by atoms with Crippen molar-refractivity contribution in [2.24, 2.45) is 5.92 Å². The van der Waals surface area contributed by atoms with Crippen molar-refractivity contribution < 1.29 is 9.72 Å². The van der Waals surface area contributed by atoms with E-state index >= 15 is 0 Å². The Morgan fingerprint density at radius 1 is 1.47 bits per heavy atom. The minimum Gasteiger partial charge on any atom is -0.299 e. The van der Waals surface area contributed by atoms with E-state index in [-0.39, 0.29) is 16.5 Å². The van der Waals surface area contributed by atoms with E-state index in [2.05, 4.69) is 4.90 Å². The number of rotatable bonds is 4. The standard InChI is InChI=1S/C14H18N2O3/c1-2-12-10-15(7-6-14(12)17)9-11-4-3-5-13(8-11)16(18)19/h3-5,8,12H,2,6-7,9-10H2,1H3. The minimum atomic E-state index is -0.377. The molecule has 102 valence electrons. The monoisotopic (exact) mass is 262 g/mol. The first-order valence-corrected chi connectivity index (χ1v) is 6.58. The van der Waals surface area contributed by atoms with Crippen LogP contribution in [0, 0.1) is 16.0 Å². The van der Waals surface area contributed by atoms with Gasteiger partial charge in [-0.05, 0) is 12.0 Å². The van der Waals surface area contributed by atoms with Crippen molar-refractivity contribution in [2.45, 2.75) is 26.3 Å². The summed E-state index contributed by atoms with van der Waals surface area (Å²) in [5.41, 5.74) is 1.05. The zero-order chi connectivity index (χ0) is 13.8. The van der Waals surface area contributed by atoms with Gasteiger partial charge in [0.1, 0.15) is 5.78 Å². The quantitative estimate of drug-likeness (QED) is 0.617. The zero-order valence-electron chi connectivity index (χ0n) is 11.0. The normalized spacial score (nSPS) is 20.5. The lowest BCUT2D eigenvalue weighted by molar-refractivity contribution is -0.384. The predicted molar refractivity (Wildman–Crippen MR) is 71.8 cm³/mol. The average Bonchev–Trinajstić information content (AvgIpc) is 2.41. The van der Waals surface area contributed by atoms with Crippen LogP contribution in [0.3, 0.4) is 0 Å². The number of nitro groups is 1. The van der Waals surface area contributed by atoms with Gasteiger partial charge < -0.3 is 0 Å². The molecule has 1 aromatic rings. The van der Waals surface area contributed by atoms with Gasteiger partial charge in [0.25, 0.3) is 5.69 Å². The summed E-state index contributed by atoms with van der Waals surface area (Å²) in [4.78, 5) is 24.2. The molecule has 0 N–H and O–H groups in total. The molecule has 0 aliphatic carbocycles. The van der Waals surface area contributed by atoms with Crippen LogP contribution in [0.4, 0.5) is 5.69 Å². The highest BCUT2D eigenvalue weighted by Crippen LogP contribution is 2.20. The Morgan fingerprint density at radius 3 is 2.95 bits per heavy atom. The third kappa shape index (κ3) is 3.38. The smallest absolute Gasteiger partial charge is 0.269 e. The molecule has 1 fully saturated rings. The molecule has 0 spiro atoms. The Kier molecular flexibility index (Phi) is 4.27. The first-order valence-electron chi connectivity index (χ1n) is 6.58. The van der Waals surface area contributed by atoms with Gasteiger partial charge in [0.2, 0.25) is 0 Å². The van der Waals surface area contributed by atoms with E-state index in [0.717, 1.165) is 25.1 Å².